The molecular weight excluding hydrogens is 275 g/mol. The molecule has 4 heteroatoms. The van der Waals surface area contributed by atoms with Gasteiger partial charge in [0.15, 0.2) is 0 Å². The number of benzene rings is 1. The number of ether oxygens (including phenoxy) is 1. The lowest BCUT2D eigenvalue weighted by Gasteiger charge is -2.32. The Balaban J connectivity index is 1.87. The number of hydrogen-bond acceptors (Lipinski definition) is 3. The van der Waals surface area contributed by atoms with Crippen molar-refractivity contribution in [2.24, 2.45) is 0 Å². The number of aryl methyl sites for hydroxylation is 1. The smallest absolute Gasteiger partial charge is 0.399 e. The topological polar surface area (TPSA) is 27.7 Å². The molecule has 0 bridgehead atoms. The van der Waals surface area contributed by atoms with Gasteiger partial charge in [0.1, 0.15) is 0 Å². The zero-order valence-corrected chi connectivity index (χ0v) is 14.4. The van der Waals surface area contributed by atoms with Gasteiger partial charge in [-0.1, -0.05) is 23.8 Å². The summed E-state index contributed by atoms with van der Waals surface area (Å²) in [4.78, 5) is 0. The largest absolute Gasteiger partial charge is 0.494 e. The fraction of sp³-hybridized carbons (Fsp3) is 0.667. The summed E-state index contributed by atoms with van der Waals surface area (Å²) in [5.74, 6) is 0.495. The highest BCUT2D eigenvalue weighted by molar-refractivity contribution is 6.62. The lowest BCUT2D eigenvalue weighted by molar-refractivity contribution is 0.00578. The summed E-state index contributed by atoms with van der Waals surface area (Å²) >= 11 is 0. The Hall–Kier alpha value is -0.835. The molecule has 0 radical (unpaired) electrons. The Kier molecular flexibility index (Phi) is 4.13. The normalized spacial score (nSPS) is 27.1. The van der Waals surface area contributed by atoms with Crippen molar-refractivity contribution in [1.82, 2.24) is 0 Å². The maximum absolute atomic E-state index is 6.19. The Morgan fingerprint density at radius 2 is 1.73 bits per heavy atom. The van der Waals surface area contributed by atoms with Crippen molar-refractivity contribution in [3.8, 4) is 0 Å². The summed E-state index contributed by atoms with van der Waals surface area (Å²) in [6.45, 7) is 12.2. The minimum absolute atomic E-state index is 0.284. The van der Waals surface area contributed by atoms with Gasteiger partial charge in [0.2, 0.25) is 0 Å². The minimum atomic E-state index is -0.296. The van der Waals surface area contributed by atoms with Crippen LogP contribution in [0.2, 0.25) is 0 Å². The Morgan fingerprint density at radius 1 is 1.05 bits per heavy atom. The predicted molar refractivity (Wildman–Crippen MR) is 89.7 cm³/mol. The third kappa shape index (κ3) is 2.97. The molecular formula is C18H27BO3. The quantitative estimate of drug-likeness (QED) is 0.785. The van der Waals surface area contributed by atoms with Gasteiger partial charge < -0.3 is 14.0 Å². The van der Waals surface area contributed by atoms with E-state index < -0.39 is 0 Å². The molecule has 22 heavy (non-hydrogen) atoms. The summed E-state index contributed by atoms with van der Waals surface area (Å²) in [5, 5.41) is 0. The highest BCUT2D eigenvalue weighted by atomic mass is 16.7. The Morgan fingerprint density at radius 3 is 2.32 bits per heavy atom. The molecule has 0 amide bonds. The van der Waals surface area contributed by atoms with E-state index in [9.17, 15) is 0 Å². The van der Waals surface area contributed by atoms with Crippen LogP contribution in [-0.4, -0.2) is 31.5 Å². The SMILES string of the molecule is Cc1cc(B2OC(C)(C)C(C)(C)O2)cc(C2CCCOC2)c1. The van der Waals surface area contributed by atoms with Gasteiger partial charge in [-0.15, -0.1) is 0 Å². The molecule has 0 spiro atoms. The molecule has 2 fully saturated rings. The lowest BCUT2D eigenvalue weighted by Crippen LogP contribution is -2.41. The van der Waals surface area contributed by atoms with Gasteiger partial charge >= 0.3 is 7.12 Å². The second-order valence-corrected chi connectivity index (χ2v) is 7.68. The molecule has 0 aromatic heterocycles. The second-order valence-electron chi connectivity index (χ2n) is 7.68. The van der Waals surface area contributed by atoms with Gasteiger partial charge in [-0.25, -0.2) is 0 Å². The molecule has 1 atom stereocenters. The van der Waals surface area contributed by atoms with Crippen molar-refractivity contribution in [2.45, 2.75) is 64.6 Å². The average molecular weight is 302 g/mol. The molecule has 2 saturated heterocycles. The van der Waals surface area contributed by atoms with E-state index in [2.05, 4.69) is 52.8 Å². The molecule has 3 rings (SSSR count). The molecule has 1 aromatic carbocycles. The molecule has 0 aliphatic carbocycles. The summed E-state index contributed by atoms with van der Waals surface area (Å²) in [6, 6.07) is 6.69. The van der Waals surface area contributed by atoms with Gasteiger partial charge in [0.05, 0.1) is 17.8 Å². The second kappa shape index (κ2) is 5.66. The first-order valence-corrected chi connectivity index (χ1v) is 8.33. The van der Waals surface area contributed by atoms with Crippen LogP contribution >= 0.6 is 0 Å². The van der Waals surface area contributed by atoms with E-state index in [-0.39, 0.29) is 18.3 Å². The highest BCUT2D eigenvalue weighted by Gasteiger charge is 2.51. The molecule has 3 nitrogen and oxygen atoms in total. The molecule has 2 heterocycles. The molecule has 1 unspecified atom stereocenters. The Bertz CT molecular complexity index is 531. The lowest BCUT2D eigenvalue weighted by atomic mass is 9.76. The van der Waals surface area contributed by atoms with Crippen LogP contribution in [0.5, 0.6) is 0 Å². The molecule has 2 aliphatic rings. The molecule has 0 saturated carbocycles. The van der Waals surface area contributed by atoms with Crippen molar-refractivity contribution in [2.75, 3.05) is 13.2 Å². The van der Waals surface area contributed by atoms with E-state index in [1.54, 1.807) is 0 Å². The van der Waals surface area contributed by atoms with Crippen LogP contribution in [0.1, 0.15) is 57.6 Å². The van der Waals surface area contributed by atoms with Gasteiger partial charge in [-0.3, -0.25) is 0 Å². The summed E-state index contributed by atoms with van der Waals surface area (Å²) < 4.78 is 18.0. The van der Waals surface area contributed by atoms with Crippen LogP contribution in [-0.2, 0) is 14.0 Å². The average Bonchev–Trinajstić information content (AvgIpc) is 2.68. The van der Waals surface area contributed by atoms with E-state index in [1.165, 1.54) is 17.5 Å². The van der Waals surface area contributed by atoms with Gasteiger partial charge in [-0.05, 0) is 58.5 Å². The summed E-state index contributed by atoms with van der Waals surface area (Å²) in [6.07, 6.45) is 2.34. The number of hydrogen-bond donors (Lipinski definition) is 0. The summed E-state index contributed by atoms with van der Waals surface area (Å²) in [5.41, 5.74) is 3.14. The van der Waals surface area contributed by atoms with Crippen molar-refractivity contribution in [3.05, 3.63) is 29.3 Å². The zero-order chi connectivity index (χ0) is 16.0. The third-order valence-electron chi connectivity index (χ3n) is 5.28. The maximum atomic E-state index is 6.19. The Labute approximate surface area is 134 Å². The third-order valence-corrected chi connectivity index (χ3v) is 5.28. The van der Waals surface area contributed by atoms with Gasteiger partial charge in [0.25, 0.3) is 0 Å². The van der Waals surface area contributed by atoms with Crippen molar-refractivity contribution >= 4 is 12.6 Å². The zero-order valence-electron chi connectivity index (χ0n) is 14.4. The van der Waals surface area contributed by atoms with Crippen molar-refractivity contribution in [1.29, 1.82) is 0 Å². The predicted octanol–water partition coefficient (Wildman–Crippen LogP) is 3.19. The van der Waals surface area contributed by atoms with Crippen molar-refractivity contribution < 1.29 is 14.0 Å². The maximum Gasteiger partial charge on any atom is 0.494 e. The minimum Gasteiger partial charge on any atom is -0.399 e. The highest BCUT2D eigenvalue weighted by Crippen LogP contribution is 2.36. The van der Waals surface area contributed by atoms with Crippen LogP contribution in [0.25, 0.3) is 0 Å². The first-order valence-electron chi connectivity index (χ1n) is 8.33. The van der Waals surface area contributed by atoms with Crippen LogP contribution < -0.4 is 5.46 Å². The van der Waals surface area contributed by atoms with Gasteiger partial charge in [-0.2, -0.15) is 0 Å². The van der Waals surface area contributed by atoms with Crippen LogP contribution in [0.3, 0.4) is 0 Å². The summed E-state index contributed by atoms with van der Waals surface area (Å²) in [7, 11) is -0.284. The van der Waals surface area contributed by atoms with Crippen LogP contribution in [0, 0.1) is 6.92 Å². The molecule has 0 N–H and O–H groups in total. The van der Waals surface area contributed by atoms with E-state index in [1.807, 2.05) is 0 Å². The van der Waals surface area contributed by atoms with Crippen LogP contribution in [0.4, 0.5) is 0 Å². The van der Waals surface area contributed by atoms with E-state index in [0.717, 1.165) is 25.1 Å². The van der Waals surface area contributed by atoms with Crippen LogP contribution in [0.15, 0.2) is 18.2 Å². The fourth-order valence-electron chi connectivity index (χ4n) is 3.20. The first kappa shape index (κ1) is 16.0. The standard InChI is InChI=1S/C18H27BO3/c1-13-9-15(14-7-6-8-20-12-14)11-16(10-13)19-21-17(2,3)18(4,5)22-19/h9-11,14H,6-8,12H2,1-5H3. The molecule has 2 aliphatic heterocycles. The van der Waals surface area contributed by atoms with Crippen molar-refractivity contribution in [3.63, 3.8) is 0 Å². The van der Waals surface area contributed by atoms with E-state index >= 15 is 0 Å². The van der Waals surface area contributed by atoms with Gasteiger partial charge in [0, 0.05) is 12.5 Å². The molecule has 120 valence electrons. The monoisotopic (exact) mass is 302 g/mol. The number of rotatable bonds is 2. The fourth-order valence-corrected chi connectivity index (χ4v) is 3.20. The van der Waals surface area contributed by atoms with E-state index in [0.29, 0.717) is 5.92 Å². The first-order chi connectivity index (χ1) is 10.3. The molecule has 1 aromatic rings. The van der Waals surface area contributed by atoms with E-state index in [4.69, 9.17) is 14.0 Å².